The van der Waals surface area contributed by atoms with E-state index in [0.717, 1.165) is 19.3 Å². The average Bonchev–Trinajstić information content (AvgIpc) is 2.21. The molecule has 84 valence electrons. The van der Waals surface area contributed by atoms with E-state index < -0.39 is 0 Å². The molecule has 0 aliphatic carbocycles. The Morgan fingerprint density at radius 1 is 1.07 bits per heavy atom. The van der Waals surface area contributed by atoms with Gasteiger partial charge in [-0.2, -0.15) is 0 Å². The number of hydrogen-bond donors (Lipinski definition) is 1. The van der Waals surface area contributed by atoms with Crippen molar-refractivity contribution in [2.24, 2.45) is 0 Å². The minimum atomic E-state index is 0.231. The van der Waals surface area contributed by atoms with Crippen molar-refractivity contribution in [1.82, 2.24) is 5.32 Å². The molecule has 0 rings (SSSR count). The number of carbonyl (C=O) groups is 1. The highest BCUT2D eigenvalue weighted by atomic mass is 16.1. The average molecular weight is 199 g/mol. The SMILES string of the molecule is CCCCCCC(=O)NC(CC)CC. The summed E-state index contributed by atoms with van der Waals surface area (Å²) >= 11 is 0. The molecule has 0 saturated carbocycles. The van der Waals surface area contributed by atoms with E-state index in [-0.39, 0.29) is 5.91 Å². The first kappa shape index (κ1) is 13.5. The number of unbranched alkanes of at least 4 members (excludes halogenated alkanes) is 3. The summed E-state index contributed by atoms with van der Waals surface area (Å²) in [5.41, 5.74) is 0. The highest BCUT2D eigenvalue weighted by Crippen LogP contribution is 2.03. The van der Waals surface area contributed by atoms with Crippen molar-refractivity contribution in [3.63, 3.8) is 0 Å². The van der Waals surface area contributed by atoms with Gasteiger partial charge in [-0.1, -0.05) is 40.0 Å². The topological polar surface area (TPSA) is 29.1 Å². The second-order valence-electron chi connectivity index (χ2n) is 3.89. The minimum Gasteiger partial charge on any atom is -0.353 e. The molecule has 1 amide bonds. The number of rotatable bonds is 8. The molecule has 0 saturated heterocycles. The van der Waals surface area contributed by atoms with Crippen molar-refractivity contribution in [3.05, 3.63) is 0 Å². The van der Waals surface area contributed by atoms with Gasteiger partial charge in [-0.25, -0.2) is 0 Å². The van der Waals surface area contributed by atoms with E-state index in [0.29, 0.717) is 12.5 Å². The second kappa shape index (κ2) is 9.04. The highest BCUT2D eigenvalue weighted by molar-refractivity contribution is 5.76. The van der Waals surface area contributed by atoms with Crippen LogP contribution in [-0.4, -0.2) is 11.9 Å². The molecule has 1 N–H and O–H groups in total. The van der Waals surface area contributed by atoms with E-state index in [1.807, 2.05) is 0 Å². The van der Waals surface area contributed by atoms with Crippen molar-refractivity contribution in [3.8, 4) is 0 Å². The molecule has 0 bridgehead atoms. The summed E-state index contributed by atoms with van der Waals surface area (Å²) in [4.78, 5) is 11.4. The third-order valence-corrected chi connectivity index (χ3v) is 2.61. The molecule has 0 aromatic carbocycles. The number of hydrogen-bond acceptors (Lipinski definition) is 1. The summed E-state index contributed by atoms with van der Waals surface area (Å²) in [6.07, 6.45) is 7.49. The zero-order chi connectivity index (χ0) is 10.8. The molecule has 2 nitrogen and oxygen atoms in total. The van der Waals surface area contributed by atoms with E-state index in [2.05, 4.69) is 26.1 Å². The van der Waals surface area contributed by atoms with Gasteiger partial charge in [0.1, 0.15) is 0 Å². The maximum Gasteiger partial charge on any atom is 0.220 e. The molecule has 0 radical (unpaired) electrons. The lowest BCUT2D eigenvalue weighted by molar-refractivity contribution is -0.121. The molecule has 0 aromatic heterocycles. The lowest BCUT2D eigenvalue weighted by atomic mass is 10.1. The van der Waals surface area contributed by atoms with Gasteiger partial charge in [0.2, 0.25) is 5.91 Å². The summed E-state index contributed by atoms with van der Waals surface area (Å²) in [6, 6.07) is 0.383. The van der Waals surface area contributed by atoms with Gasteiger partial charge < -0.3 is 5.32 Å². The summed E-state index contributed by atoms with van der Waals surface area (Å²) in [5.74, 6) is 0.231. The summed E-state index contributed by atoms with van der Waals surface area (Å²) in [6.45, 7) is 6.42. The van der Waals surface area contributed by atoms with Crippen molar-refractivity contribution in [2.75, 3.05) is 0 Å². The van der Waals surface area contributed by atoms with Crippen molar-refractivity contribution in [1.29, 1.82) is 0 Å². The van der Waals surface area contributed by atoms with Crippen LogP contribution in [0.15, 0.2) is 0 Å². The van der Waals surface area contributed by atoms with Crippen LogP contribution in [-0.2, 0) is 4.79 Å². The van der Waals surface area contributed by atoms with Gasteiger partial charge in [-0.15, -0.1) is 0 Å². The molecule has 0 aliphatic rings. The summed E-state index contributed by atoms with van der Waals surface area (Å²) in [5, 5.41) is 3.05. The van der Waals surface area contributed by atoms with E-state index in [9.17, 15) is 4.79 Å². The number of carbonyl (C=O) groups excluding carboxylic acids is 1. The van der Waals surface area contributed by atoms with Gasteiger partial charge in [0.15, 0.2) is 0 Å². The van der Waals surface area contributed by atoms with Gasteiger partial charge in [0, 0.05) is 12.5 Å². The van der Waals surface area contributed by atoms with Gasteiger partial charge in [-0.05, 0) is 19.3 Å². The van der Waals surface area contributed by atoms with Crippen LogP contribution < -0.4 is 5.32 Å². The smallest absolute Gasteiger partial charge is 0.220 e. The first-order valence-electron chi connectivity index (χ1n) is 6.03. The zero-order valence-electron chi connectivity index (χ0n) is 9.94. The first-order valence-corrected chi connectivity index (χ1v) is 6.03. The van der Waals surface area contributed by atoms with Crippen LogP contribution in [0.2, 0.25) is 0 Å². The van der Waals surface area contributed by atoms with E-state index in [1.165, 1.54) is 19.3 Å². The molecular weight excluding hydrogens is 174 g/mol. The Kier molecular flexibility index (Phi) is 8.70. The molecule has 0 atom stereocenters. The molecule has 14 heavy (non-hydrogen) atoms. The molecule has 0 aromatic rings. The maximum atomic E-state index is 11.4. The van der Waals surface area contributed by atoms with Gasteiger partial charge in [0.05, 0.1) is 0 Å². The fourth-order valence-corrected chi connectivity index (χ4v) is 1.50. The largest absolute Gasteiger partial charge is 0.353 e. The van der Waals surface area contributed by atoms with Crippen LogP contribution in [0.5, 0.6) is 0 Å². The maximum absolute atomic E-state index is 11.4. The minimum absolute atomic E-state index is 0.231. The lowest BCUT2D eigenvalue weighted by Gasteiger charge is -2.14. The molecule has 2 heteroatoms. The van der Waals surface area contributed by atoms with Gasteiger partial charge in [0.25, 0.3) is 0 Å². The quantitative estimate of drug-likeness (QED) is 0.597. The number of amides is 1. The Balaban J connectivity index is 3.44. The molecule has 0 fully saturated rings. The standard InChI is InChI=1S/C12H25NO/c1-4-7-8-9-10-12(14)13-11(5-2)6-3/h11H,4-10H2,1-3H3,(H,13,14). The monoisotopic (exact) mass is 199 g/mol. The Morgan fingerprint density at radius 3 is 2.21 bits per heavy atom. The summed E-state index contributed by atoms with van der Waals surface area (Å²) in [7, 11) is 0. The third-order valence-electron chi connectivity index (χ3n) is 2.61. The Labute approximate surface area is 88.5 Å². The Morgan fingerprint density at radius 2 is 1.71 bits per heavy atom. The van der Waals surface area contributed by atoms with Crippen molar-refractivity contribution >= 4 is 5.91 Å². The first-order chi connectivity index (χ1) is 6.74. The summed E-state index contributed by atoms with van der Waals surface area (Å²) < 4.78 is 0. The van der Waals surface area contributed by atoms with Gasteiger partial charge in [-0.3, -0.25) is 4.79 Å². The predicted molar refractivity (Wildman–Crippen MR) is 61.3 cm³/mol. The zero-order valence-corrected chi connectivity index (χ0v) is 9.94. The Hall–Kier alpha value is -0.530. The van der Waals surface area contributed by atoms with E-state index >= 15 is 0 Å². The number of nitrogens with one attached hydrogen (secondary N) is 1. The van der Waals surface area contributed by atoms with Gasteiger partial charge >= 0.3 is 0 Å². The molecule has 0 spiro atoms. The van der Waals surface area contributed by atoms with Crippen molar-refractivity contribution < 1.29 is 4.79 Å². The molecular formula is C12H25NO. The van der Waals surface area contributed by atoms with Crippen LogP contribution in [0.1, 0.15) is 65.7 Å². The molecule has 0 heterocycles. The lowest BCUT2D eigenvalue weighted by Crippen LogP contribution is -2.33. The molecule has 0 aliphatic heterocycles. The van der Waals surface area contributed by atoms with E-state index in [1.54, 1.807) is 0 Å². The van der Waals surface area contributed by atoms with Crippen LogP contribution in [0, 0.1) is 0 Å². The molecule has 0 unspecified atom stereocenters. The van der Waals surface area contributed by atoms with Crippen LogP contribution >= 0.6 is 0 Å². The third kappa shape index (κ3) is 6.93. The van der Waals surface area contributed by atoms with Crippen molar-refractivity contribution in [2.45, 2.75) is 71.8 Å². The van der Waals surface area contributed by atoms with Crippen LogP contribution in [0.4, 0.5) is 0 Å². The van der Waals surface area contributed by atoms with Crippen LogP contribution in [0.25, 0.3) is 0 Å². The van der Waals surface area contributed by atoms with Crippen LogP contribution in [0.3, 0.4) is 0 Å². The van der Waals surface area contributed by atoms with E-state index in [4.69, 9.17) is 0 Å². The Bertz CT molecular complexity index is 141. The normalized spacial score (nSPS) is 10.6. The second-order valence-corrected chi connectivity index (χ2v) is 3.89. The highest BCUT2D eigenvalue weighted by Gasteiger charge is 2.06. The fourth-order valence-electron chi connectivity index (χ4n) is 1.50. The fraction of sp³-hybridized carbons (Fsp3) is 0.917. The predicted octanol–water partition coefficient (Wildman–Crippen LogP) is 3.26.